The van der Waals surface area contributed by atoms with Gasteiger partial charge in [-0.05, 0) is 36.2 Å². The molecule has 0 saturated heterocycles. The zero-order chi connectivity index (χ0) is 14.5. The number of carbonyl (C=O) groups is 1. The van der Waals surface area contributed by atoms with Gasteiger partial charge >= 0.3 is 5.97 Å². The van der Waals surface area contributed by atoms with Crippen LogP contribution in [0.2, 0.25) is 0 Å². The van der Waals surface area contributed by atoms with Crippen molar-refractivity contribution < 1.29 is 19.7 Å². The summed E-state index contributed by atoms with van der Waals surface area (Å²) in [5.41, 5.74) is 1.66. The molecule has 0 aliphatic carbocycles. The fourth-order valence-electron chi connectivity index (χ4n) is 1.91. The Morgan fingerprint density at radius 2 is 1.90 bits per heavy atom. The average Bonchev–Trinajstić information content (AvgIpc) is 2.45. The highest BCUT2D eigenvalue weighted by molar-refractivity contribution is 5.89. The number of carboxylic acid groups (broad SMARTS) is 1. The Kier molecular flexibility index (Phi) is 4.38. The summed E-state index contributed by atoms with van der Waals surface area (Å²) >= 11 is 0. The van der Waals surface area contributed by atoms with E-state index in [1.807, 2.05) is 30.3 Å². The fraction of sp³-hybridized carbons (Fsp3) is 0.188. The van der Waals surface area contributed by atoms with Gasteiger partial charge in [0.15, 0.2) is 0 Å². The molecule has 0 fully saturated rings. The maximum absolute atomic E-state index is 10.9. The SMILES string of the molecule is Cc1cc(OCC(O)c2ccccc2)ccc1C(=O)O. The molecular formula is C16H16O4. The van der Waals surface area contributed by atoms with Crippen LogP contribution in [0.15, 0.2) is 48.5 Å². The molecule has 104 valence electrons. The molecule has 0 spiro atoms. The molecule has 0 aromatic heterocycles. The van der Waals surface area contributed by atoms with Crippen LogP contribution >= 0.6 is 0 Å². The van der Waals surface area contributed by atoms with Crippen molar-refractivity contribution in [2.75, 3.05) is 6.61 Å². The van der Waals surface area contributed by atoms with Crippen LogP contribution in [0.3, 0.4) is 0 Å². The lowest BCUT2D eigenvalue weighted by molar-refractivity contribution is 0.0695. The highest BCUT2D eigenvalue weighted by Gasteiger charge is 2.10. The van der Waals surface area contributed by atoms with Gasteiger partial charge in [-0.15, -0.1) is 0 Å². The third-order valence-corrected chi connectivity index (χ3v) is 3.02. The van der Waals surface area contributed by atoms with Gasteiger partial charge in [0.05, 0.1) is 5.56 Å². The Labute approximate surface area is 117 Å². The number of aryl methyl sites for hydroxylation is 1. The first-order chi connectivity index (χ1) is 9.58. The third kappa shape index (κ3) is 3.36. The Hall–Kier alpha value is -2.33. The van der Waals surface area contributed by atoms with E-state index in [2.05, 4.69) is 0 Å². The normalized spacial score (nSPS) is 11.9. The summed E-state index contributed by atoms with van der Waals surface area (Å²) in [4.78, 5) is 10.9. The quantitative estimate of drug-likeness (QED) is 0.878. The molecule has 0 radical (unpaired) electrons. The summed E-state index contributed by atoms with van der Waals surface area (Å²) in [6.45, 7) is 1.83. The first-order valence-corrected chi connectivity index (χ1v) is 6.27. The summed E-state index contributed by atoms with van der Waals surface area (Å²) in [6, 6.07) is 14.0. The van der Waals surface area contributed by atoms with Crippen LogP contribution in [-0.2, 0) is 0 Å². The Morgan fingerprint density at radius 1 is 1.20 bits per heavy atom. The number of benzene rings is 2. The lowest BCUT2D eigenvalue weighted by Gasteiger charge is -2.13. The van der Waals surface area contributed by atoms with Gasteiger partial charge in [-0.3, -0.25) is 0 Å². The fourth-order valence-corrected chi connectivity index (χ4v) is 1.91. The number of ether oxygens (including phenoxy) is 1. The monoisotopic (exact) mass is 272 g/mol. The van der Waals surface area contributed by atoms with Crippen molar-refractivity contribution >= 4 is 5.97 Å². The second-order valence-electron chi connectivity index (χ2n) is 4.52. The molecule has 0 heterocycles. The topological polar surface area (TPSA) is 66.8 Å². The smallest absolute Gasteiger partial charge is 0.335 e. The lowest BCUT2D eigenvalue weighted by atomic mass is 10.1. The molecule has 2 aromatic carbocycles. The minimum atomic E-state index is -0.960. The molecule has 0 aliphatic rings. The van der Waals surface area contributed by atoms with Crippen molar-refractivity contribution in [2.45, 2.75) is 13.0 Å². The van der Waals surface area contributed by atoms with E-state index < -0.39 is 12.1 Å². The van der Waals surface area contributed by atoms with Gasteiger partial charge in [0.1, 0.15) is 18.5 Å². The summed E-state index contributed by atoms with van der Waals surface area (Å²) in [7, 11) is 0. The maximum Gasteiger partial charge on any atom is 0.335 e. The minimum Gasteiger partial charge on any atom is -0.491 e. The molecule has 1 atom stereocenters. The van der Waals surface area contributed by atoms with Crippen molar-refractivity contribution in [2.24, 2.45) is 0 Å². The van der Waals surface area contributed by atoms with E-state index in [1.165, 1.54) is 6.07 Å². The Morgan fingerprint density at radius 3 is 2.50 bits per heavy atom. The van der Waals surface area contributed by atoms with Gasteiger partial charge in [-0.1, -0.05) is 30.3 Å². The van der Waals surface area contributed by atoms with E-state index in [-0.39, 0.29) is 12.2 Å². The van der Waals surface area contributed by atoms with E-state index in [0.717, 1.165) is 5.56 Å². The average molecular weight is 272 g/mol. The predicted molar refractivity (Wildman–Crippen MR) is 75.0 cm³/mol. The number of hydrogen-bond acceptors (Lipinski definition) is 3. The zero-order valence-electron chi connectivity index (χ0n) is 11.1. The molecule has 0 bridgehead atoms. The second-order valence-corrected chi connectivity index (χ2v) is 4.52. The molecule has 20 heavy (non-hydrogen) atoms. The molecule has 0 amide bonds. The van der Waals surface area contributed by atoms with Crippen LogP contribution < -0.4 is 4.74 Å². The number of carboxylic acids is 1. The van der Waals surface area contributed by atoms with Gasteiger partial charge in [0.25, 0.3) is 0 Å². The second kappa shape index (κ2) is 6.21. The number of aliphatic hydroxyl groups excluding tert-OH is 1. The Balaban J connectivity index is 2.01. The largest absolute Gasteiger partial charge is 0.491 e. The number of rotatable bonds is 5. The number of aromatic carboxylic acids is 1. The maximum atomic E-state index is 10.9. The van der Waals surface area contributed by atoms with E-state index in [4.69, 9.17) is 9.84 Å². The van der Waals surface area contributed by atoms with E-state index in [0.29, 0.717) is 11.3 Å². The van der Waals surface area contributed by atoms with Crippen LogP contribution in [0.25, 0.3) is 0 Å². The molecule has 4 heteroatoms. The summed E-state index contributed by atoms with van der Waals surface area (Å²) in [5.74, 6) is -0.416. The highest BCUT2D eigenvalue weighted by atomic mass is 16.5. The van der Waals surface area contributed by atoms with Crippen molar-refractivity contribution in [1.29, 1.82) is 0 Å². The van der Waals surface area contributed by atoms with Gasteiger partial charge in [0, 0.05) is 0 Å². The van der Waals surface area contributed by atoms with E-state index in [1.54, 1.807) is 19.1 Å². The molecule has 1 unspecified atom stereocenters. The number of hydrogen-bond donors (Lipinski definition) is 2. The minimum absolute atomic E-state index is 0.121. The van der Waals surface area contributed by atoms with Gasteiger partial charge in [-0.2, -0.15) is 0 Å². The van der Waals surface area contributed by atoms with Crippen molar-refractivity contribution in [1.82, 2.24) is 0 Å². The van der Waals surface area contributed by atoms with Crippen molar-refractivity contribution in [3.8, 4) is 5.75 Å². The molecule has 2 aromatic rings. The van der Waals surface area contributed by atoms with Crippen LogP contribution in [0.4, 0.5) is 0 Å². The molecule has 2 rings (SSSR count). The first kappa shape index (κ1) is 14.1. The lowest BCUT2D eigenvalue weighted by Crippen LogP contribution is -2.10. The van der Waals surface area contributed by atoms with Crippen molar-refractivity contribution in [3.63, 3.8) is 0 Å². The standard InChI is InChI=1S/C16H16O4/c1-11-9-13(7-8-14(11)16(18)19)20-10-15(17)12-5-3-2-4-6-12/h2-9,15,17H,10H2,1H3,(H,18,19). The molecule has 0 aliphatic heterocycles. The van der Waals surface area contributed by atoms with E-state index >= 15 is 0 Å². The summed E-state index contributed by atoms with van der Waals surface area (Å²) in [6.07, 6.45) is -0.712. The zero-order valence-corrected chi connectivity index (χ0v) is 11.1. The molecular weight excluding hydrogens is 256 g/mol. The van der Waals surface area contributed by atoms with Crippen LogP contribution in [0.1, 0.15) is 27.6 Å². The van der Waals surface area contributed by atoms with E-state index in [9.17, 15) is 9.90 Å². The summed E-state index contributed by atoms with van der Waals surface area (Å²) in [5, 5.41) is 18.9. The van der Waals surface area contributed by atoms with Crippen molar-refractivity contribution in [3.05, 3.63) is 65.2 Å². The molecule has 0 saturated carbocycles. The summed E-state index contributed by atoms with van der Waals surface area (Å²) < 4.78 is 5.49. The van der Waals surface area contributed by atoms with Gasteiger partial charge in [-0.25, -0.2) is 4.79 Å². The highest BCUT2D eigenvalue weighted by Crippen LogP contribution is 2.19. The van der Waals surface area contributed by atoms with Gasteiger partial charge in [0.2, 0.25) is 0 Å². The predicted octanol–water partition coefficient (Wildman–Crippen LogP) is 2.81. The Bertz CT molecular complexity index is 593. The molecule has 4 nitrogen and oxygen atoms in total. The third-order valence-electron chi connectivity index (χ3n) is 3.02. The number of aliphatic hydroxyl groups is 1. The van der Waals surface area contributed by atoms with Crippen LogP contribution in [0, 0.1) is 6.92 Å². The molecule has 2 N–H and O–H groups in total. The van der Waals surface area contributed by atoms with Crippen LogP contribution in [-0.4, -0.2) is 22.8 Å². The van der Waals surface area contributed by atoms with Crippen LogP contribution in [0.5, 0.6) is 5.75 Å². The first-order valence-electron chi connectivity index (χ1n) is 6.27. The van der Waals surface area contributed by atoms with Gasteiger partial charge < -0.3 is 14.9 Å².